The SMILES string of the molecule is CCCC(=O)NC1Cc2ccc(O)c(C(=O)O)c2OB1O. The summed E-state index contributed by atoms with van der Waals surface area (Å²) in [4.78, 5) is 22.7. The highest BCUT2D eigenvalue weighted by atomic mass is 16.5. The van der Waals surface area contributed by atoms with Gasteiger partial charge in [-0.05, 0) is 24.5 Å². The Kier molecular flexibility index (Phi) is 4.37. The predicted octanol–water partition coefficient (Wildman–Crippen LogP) is 0.330. The maximum absolute atomic E-state index is 11.6. The molecule has 4 N–H and O–H groups in total. The normalized spacial score (nSPS) is 16.9. The van der Waals surface area contributed by atoms with Crippen LogP contribution in [-0.2, 0) is 11.2 Å². The second kappa shape index (κ2) is 6.05. The highest BCUT2D eigenvalue weighted by Crippen LogP contribution is 2.35. The predicted molar refractivity (Wildman–Crippen MR) is 74.2 cm³/mol. The molecule has 1 aliphatic rings. The number of carbonyl (C=O) groups is 2. The molecule has 0 bridgehead atoms. The summed E-state index contributed by atoms with van der Waals surface area (Å²) in [5, 5.41) is 31.3. The van der Waals surface area contributed by atoms with E-state index in [-0.39, 0.29) is 23.6 Å². The van der Waals surface area contributed by atoms with Gasteiger partial charge < -0.3 is 25.2 Å². The van der Waals surface area contributed by atoms with Crippen molar-refractivity contribution >= 4 is 19.0 Å². The molecule has 0 aliphatic carbocycles. The third-order valence-corrected chi connectivity index (χ3v) is 3.28. The zero-order chi connectivity index (χ0) is 15.6. The third kappa shape index (κ3) is 3.10. The molecule has 1 unspecified atom stereocenters. The molecule has 0 aromatic heterocycles. The van der Waals surface area contributed by atoms with Crippen molar-refractivity contribution in [3.8, 4) is 11.5 Å². The van der Waals surface area contributed by atoms with E-state index in [4.69, 9.17) is 9.76 Å². The molecule has 0 fully saturated rings. The van der Waals surface area contributed by atoms with Gasteiger partial charge in [-0.3, -0.25) is 4.79 Å². The number of hydrogen-bond donors (Lipinski definition) is 4. The minimum Gasteiger partial charge on any atom is -0.534 e. The van der Waals surface area contributed by atoms with E-state index in [0.717, 1.165) is 0 Å². The first-order valence-electron chi connectivity index (χ1n) is 6.66. The number of nitrogens with one attached hydrogen (secondary N) is 1. The largest absolute Gasteiger partial charge is 0.547 e. The lowest BCUT2D eigenvalue weighted by atomic mass is 9.72. The molecule has 0 saturated heterocycles. The topological polar surface area (TPSA) is 116 Å². The minimum absolute atomic E-state index is 0.0593. The quantitative estimate of drug-likeness (QED) is 0.594. The number of aromatic carboxylic acids is 1. The standard InChI is InChI=1S/C13H16BNO6/c1-2-3-10(17)15-9-6-7-4-5-8(16)11(13(18)19)12(7)21-14(9)20/h4-5,9,16,20H,2-3,6H2,1H3,(H,15,17)(H,18,19). The van der Waals surface area contributed by atoms with Crippen molar-refractivity contribution in [2.75, 3.05) is 0 Å². The van der Waals surface area contributed by atoms with E-state index in [1.165, 1.54) is 12.1 Å². The van der Waals surface area contributed by atoms with E-state index in [0.29, 0.717) is 18.4 Å². The van der Waals surface area contributed by atoms with Crippen LogP contribution in [0.5, 0.6) is 11.5 Å². The fourth-order valence-electron chi connectivity index (χ4n) is 2.29. The number of carbonyl (C=O) groups excluding carboxylic acids is 1. The molecular weight excluding hydrogens is 277 g/mol. The average molecular weight is 293 g/mol. The molecule has 112 valence electrons. The number of phenols is 1. The number of amides is 1. The maximum Gasteiger partial charge on any atom is 0.547 e. The number of fused-ring (bicyclic) bond motifs is 1. The van der Waals surface area contributed by atoms with Gasteiger partial charge in [0.15, 0.2) is 0 Å². The number of benzene rings is 1. The Labute approximate surface area is 121 Å². The Bertz CT molecular complexity index is 576. The first kappa shape index (κ1) is 15.2. The van der Waals surface area contributed by atoms with Crippen molar-refractivity contribution in [3.05, 3.63) is 23.3 Å². The second-order valence-electron chi connectivity index (χ2n) is 4.89. The summed E-state index contributed by atoms with van der Waals surface area (Å²) in [7, 11) is -1.36. The van der Waals surface area contributed by atoms with Gasteiger partial charge in [0, 0.05) is 6.42 Å². The molecule has 8 heteroatoms. The van der Waals surface area contributed by atoms with Crippen LogP contribution in [0.25, 0.3) is 0 Å². The lowest BCUT2D eigenvalue weighted by Crippen LogP contribution is -2.53. The second-order valence-corrected chi connectivity index (χ2v) is 4.89. The van der Waals surface area contributed by atoms with Crippen molar-refractivity contribution in [1.82, 2.24) is 5.32 Å². The minimum atomic E-state index is -1.36. The Morgan fingerprint density at radius 2 is 2.19 bits per heavy atom. The van der Waals surface area contributed by atoms with Gasteiger partial charge in [0.25, 0.3) is 0 Å². The van der Waals surface area contributed by atoms with E-state index < -0.39 is 24.8 Å². The molecule has 1 amide bonds. The van der Waals surface area contributed by atoms with E-state index in [1.54, 1.807) is 0 Å². The van der Waals surface area contributed by atoms with Gasteiger partial charge >= 0.3 is 13.1 Å². The van der Waals surface area contributed by atoms with Crippen molar-refractivity contribution in [3.63, 3.8) is 0 Å². The van der Waals surface area contributed by atoms with Gasteiger partial charge in [0.1, 0.15) is 17.1 Å². The smallest absolute Gasteiger partial charge is 0.534 e. The first-order chi connectivity index (χ1) is 9.93. The molecule has 1 heterocycles. The third-order valence-electron chi connectivity index (χ3n) is 3.28. The average Bonchev–Trinajstić information content (AvgIpc) is 2.39. The van der Waals surface area contributed by atoms with Crippen LogP contribution in [0.4, 0.5) is 0 Å². The molecule has 7 nitrogen and oxygen atoms in total. The number of hydrogen-bond acceptors (Lipinski definition) is 5. The van der Waals surface area contributed by atoms with Crippen LogP contribution in [0.2, 0.25) is 0 Å². The molecular formula is C13H16BNO6. The van der Waals surface area contributed by atoms with Crippen molar-refractivity contribution < 1.29 is 29.5 Å². The Morgan fingerprint density at radius 3 is 2.81 bits per heavy atom. The highest BCUT2D eigenvalue weighted by molar-refractivity contribution is 6.47. The van der Waals surface area contributed by atoms with Crippen molar-refractivity contribution in [2.45, 2.75) is 32.1 Å². The summed E-state index contributed by atoms with van der Waals surface area (Å²) in [6, 6.07) is 2.77. The van der Waals surface area contributed by atoms with Crippen LogP contribution < -0.4 is 9.97 Å². The summed E-state index contributed by atoms with van der Waals surface area (Å²) in [5.74, 6) is -2.68. The van der Waals surface area contributed by atoms with E-state index >= 15 is 0 Å². The van der Waals surface area contributed by atoms with Gasteiger partial charge in [-0.15, -0.1) is 0 Å². The number of aromatic hydroxyl groups is 1. The fraction of sp³-hybridized carbons (Fsp3) is 0.385. The number of carboxylic acid groups (broad SMARTS) is 1. The monoisotopic (exact) mass is 293 g/mol. The van der Waals surface area contributed by atoms with E-state index in [9.17, 15) is 19.7 Å². The lowest BCUT2D eigenvalue weighted by molar-refractivity contribution is -0.121. The number of rotatable bonds is 4. The highest BCUT2D eigenvalue weighted by Gasteiger charge is 2.38. The summed E-state index contributed by atoms with van der Waals surface area (Å²) >= 11 is 0. The van der Waals surface area contributed by atoms with Crippen LogP contribution in [0.15, 0.2) is 12.1 Å². The van der Waals surface area contributed by atoms with Gasteiger partial charge in [0.05, 0.1) is 5.94 Å². The first-order valence-corrected chi connectivity index (χ1v) is 6.66. The van der Waals surface area contributed by atoms with E-state index in [2.05, 4.69) is 5.32 Å². The van der Waals surface area contributed by atoms with Crippen LogP contribution in [0.3, 0.4) is 0 Å². The van der Waals surface area contributed by atoms with Gasteiger partial charge in [-0.2, -0.15) is 0 Å². The Morgan fingerprint density at radius 1 is 1.48 bits per heavy atom. The Hall–Kier alpha value is -2.22. The molecule has 0 spiro atoms. The summed E-state index contributed by atoms with van der Waals surface area (Å²) in [5.41, 5.74) is 0.127. The van der Waals surface area contributed by atoms with Gasteiger partial charge in [-0.1, -0.05) is 13.0 Å². The molecule has 1 aromatic rings. The van der Waals surface area contributed by atoms with E-state index in [1.807, 2.05) is 6.92 Å². The lowest BCUT2D eigenvalue weighted by Gasteiger charge is -2.29. The zero-order valence-electron chi connectivity index (χ0n) is 11.5. The fourth-order valence-corrected chi connectivity index (χ4v) is 2.29. The van der Waals surface area contributed by atoms with Crippen molar-refractivity contribution in [2.24, 2.45) is 0 Å². The zero-order valence-corrected chi connectivity index (χ0v) is 11.5. The van der Waals surface area contributed by atoms with Crippen LogP contribution >= 0.6 is 0 Å². The molecule has 0 saturated carbocycles. The number of carboxylic acids is 1. The molecule has 2 rings (SSSR count). The van der Waals surface area contributed by atoms with Gasteiger partial charge in [0.2, 0.25) is 5.91 Å². The van der Waals surface area contributed by atoms with Crippen LogP contribution in [0.1, 0.15) is 35.7 Å². The molecule has 0 radical (unpaired) electrons. The molecule has 1 aliphatic heterocycles. The molecule has 21 heavy (non-hydrogen) atoms. The maximum atomic E-state index is 11.6. The summed E-state index contributed by atoms with van der Waals surface area (Å²) in [6.07, 6.45) is 1.25. The molecule has 1 aromatic carbocycles. The summed E-state index contributed by atoms with van der Waals surface area (Å²) in [6.45, 7) is 1.87. The van der Waals surface area contributed by atoms with Crippen LogP contribution in [-0.4, -0.2) is 40.2 Å². The Balaban J connectivity index is 2.26. The van der Waals surface area contributed by atoms with Crippen molar-refractivity contribution in [1.29, 1.82) is 0 Å². The van der Waals surface area contributed by atoms with Gasteiger partial charge in [-0.25, -0.2) is 4.79 Å². The van der Waals surface area contributed by atoms with Crippen LogP contribution in [0, 0.1) is 0 Å². The summed E-state index contributed by atoms with van der Waals surface area (Å²) < 4.78 is 5.20. The molecule has 1 atom stereocenters.